The number of rotatable bonds is 1. The van der Waals surface area contributed by atoms with Crippen molar-refractivity contribution in [2.75, 3.05) is 0 Å². The lowest BCUT2D eigenvalue weighted by atomic mass is 10.1. The van der Waals surface area contributed by atoms with Gasteiger partial charge in [-0.1, -0.05) is 99.9 Å². The SMILES string of the molecule is ClC(Cl)(Cl)C1NC(c2ccccc2)NC(C(Cl)(Cl)Cl)N1. The molecule has 9 heteroatoms. The first-order chi connectivity index (χ1) is 9.18. The summed E-state index contributed by atoms with van der Waals surface area (Å²) in [5, 5.41) is 9.15. The predicted molar refractivity (Wildman–Crippen MR) is 86.7 cm³/mol. The van der Waals surface area contributed by atoms with Crippen molar-refractivity contribution in [3.63, 3.8) is 0 Å². The molecule has 1 saturated heterocycles. The molecule has 3 N–H and O–H groups in total. The first kappa shape index (κ1) is 17.2. The first-order valence-electron chi connectivity index (χ1n) is 5.64. The van der Waals surface area contributed by atoms with E-state index in [9.17, 15) is 0 Å². The average Bonchev–Trinajstić information content (AvgIpc) is 2.37. The van der Waals surface area contributed by atoms with Crippen molar-refractivity contribution >= 4 is 69.6 Å². The molecular weight excluding hydrogens is 387 g/mol. The molecule has 2 atom stereocenters. The third kappa shape index (κ3) is 4.42. The van der Waals surface area contributed by atoms with Crippen molar-refractivity contribution in [1.29, 1.82) is 0 Å². The molecule has 1 fully saturated rings. The summed E-state index contributed by atoms with van der Waals surface area (Å²) in [6.07, 6.45) is -1.68. The van der Waals surface area contributed by atoms with E-state index in [1.165, 1.54) is 0 Å². The molecule has 0 saturated carbocycles. The Morgan fingerprint density at radius 3 is 1.55 bits per heavy atom. The molecule has 1 aromatic rings. The lowest BCUT2D eigenvalue weighted by Crippen LogP contribution is -2.70. The van der Waals surface area contributed by atoms with E-state index in [2.05, 4.69) is 16.0 Å². The van der Waals surface area contributed by atoms with Crippen molar-refractivity contribution in [3.8, 4) is 0 Å². The second-order valence-corrected chi connectivity index (χ2v) is 9.03. The zero-order valence-corrected chi connectivity index (χ0v) is 14.4. The summed E-state index contributed by atoms with van der Waals surface area (Å²) < 4.78 is -3.19. The number of hydrogen-bond acceptors (Lipinski definition) is 3. The maximum atomic E-state index is 5.93. The van der Waals surface area contributed by atoms with Gasteiger partial charge in [-0.05, 0) is 5.56 Å². The van der Waals surface area contributed by atoms with Crippen LogP contribution in [0.2, 0.25) is 0 Å². The van der Waals surface area contributed by atoms with E-state index in [-0.39, 0.29) is 6.17 Å². The monoisotopic (exact) mass is 395 g/mol. The smallest absolute Gasteiger partial charge is 0.218 e. The van der Waals surface area contributed by atoms with E-state index in [0.717, 1.165) is 5.56 Å². The van der Waals surface area contributed by atoms with Gasteiger partial charge in [-0.15, -0.1) is 0 Å². The number of nitrogens with one attached hydrogen (secondary N) is 3. The molecule has 0 bridgehead atoms. The van der Waals surface area contributed by atoms with Gasteiger partial charge in [-0.2, -0.15) is 0 Å². The van der Waals surface area contributed by atoms with Gasteiger partial charge in [0.15, 0.2) is 0 Å². The number of alkyl halides is 6. The minimum absolute atomic E-state index is 0.321. The third-order valence-corrected chi connectivity index (χ3v) is 4.10. The quantitative estimate of drug-likeness (QED) is 0.630. The van der Waals surface area contributed by atoms with Gasteiger partial charge in [-0.3, -0.25) is 16.0 Å². The lowest BCUT2D eigenvalue weighted by molar-refractivity contribution is 0.203. The Hall–Kier alpha value is 0.840. The number of benzene rings is 1. The van der Waals surface area contributed by atoms with E-state index >= 15 is 0 Å². The van der Waals surface area contributed by atoms with Gasteiger partial charge < -0.3 is 0 Å². The highest BCUT2D eigenvalue weighted by atomic mass is 35.6. The van der Waals surface area contributed by atoms with Crippen LogP contribution in [0.4, 0.5) is 0 Å². The van der Waals surface area contributed by atoms with Crippen molar-refractivity contribution in [2.45, 2.75) is 26.1 Å². The van der Waals surface area contributed by atoms with E-state index < -0.39 is 19.9 Å². The summed E-state index contributed by atoms with van der Waals surface area (Å²) in [7, 11) is 0. The maximum Gasteiger partial charge on any atom is 0.218 e. The molecule has 1 aliphatic heterocycles. The van der Waals surface area contributed by atoms with Gasteiger partial charge in [0.25, 0.3) is 0 Å². The lowest BCUT2D eigenvalue weighted by Gasteiger charge is -2.43. The number of hydrogen-bond donors (Lipinski definition) is 3. The Morgan fingerprint density at radius 2 is 1.15 bits per heavy atom. The minimum atomic E-state index is -1.59. The molecule has 0 aliphatic carbocycles. The fraction of sp³-hybridized carbons (Fsp3) is 0.455. The largest absolute Gasteiger partial charge is 0.279 e. The number of halogens is 6. The van der Waals surface area contributed by atoms with Gasteiger partial charge in [0.1, 0.15) is 12.3 Å². The molecule has 0 spiro atoms. The van der Waals surface area contributed by atoms with Crippen LogP contribution in [0.15, 0.2) is 30.3 Å². The van der Waals surface area contributed by atoms with Gasteiger partial charge in [0.05, 0.1) is 6.17 Å². The van der Waals surface area contributed by atoms with Crippen molar-refractivity contribution in [1.82, 2.24) is 16.0 Å². The molecule has 20 heavy (non-hydrogen) atoms. The molecule has 1 aromatic carbocycles. The van der Waals surface area contributed by atoms with Crippen molar-refractivity contribution in [2.24, 2.45) is 0 Å². The van der Waals surface area contributed by atoms with Gasteiger partial charge in [0, 0.05) is 0 Å². The Morgan fingerprint density at radius 1 is 0.700 bits per heavy atom. The van der Waals surface area contributed by atoms with Crippen LogP contribution >= 0.6 is 69.6 Å². The summed E-state index contributed by atoms with van der Waals surface area (Å²) in [6.45, 7) is 0. The summed E-state index contributed by atoms with van der Waals surface area (Å²) >= 11 is 35.6. The van der Waals surface area contributed by atoms with Crippen LogP contribution in [0.3, 0.4) is 0 Å². The van der Waals surface area contributed by atoms with E-state index in [1.807, 2.05) is 30.3 Å². The van der Waals surface area contributed by atoms with Crippen molar-refractivity contribution in [3.05, 3.63) is 35.9 Å². The molecule has 0 amide bonds. The van der Waals surface area contributed by atoms with Gasteiger partial charge in [0.2, 0.25) is 7.59 Å². The molecule has 0 radical (unpaired) electrons. The van der Waals surface area contributed by atoms with E-state index in [0.29, 0.717) is 0 Å². The summed E-state index contributed by atoms with van der Waals surface area (Å²) in [6, 6.07) is 9.54. The molecule has 3 nitrogen and oxygen atoms in total. The summed E-state index contributed by atoms with van der Waals surface area (Å²) in [5.41, 5.74) is 0.938. The van der Waals surface area contributed by atoms with Crippen LogP contribution in [0.5, 0.6) is 0 Å². The van der Waals surface area contributed by atoms with Gasteiger partial charge in [-0.25, -0.2) is 0 Å². The molecule has 2 unspecified atom stereocenters. The summed E-state index contributed by atoms with van der Waals surface area (Å²) in [4.78, 5) is 0. The topological polar surface area (TPSA) is 36.1 Å². The zero-order chi connectivity index (χ0) is 15.0. The molecule has 112 valence electrons. The van der Waals surface area contributed by atoms with Crippen LogP contribution in [0, 0.1) is 0 Å². The Kier molecular flexibility index (Phi) is 5.61. The Balaban J connectivity index is 2.25. The molecular formula is C11H11Cl6N3. The second kappa shape index (κ2) is 6.53. The standard InChI is InChI=1S/C11H11Cl6N3/c12-10(13,14)8-18-7(6-4-2-1-3-5-6)19-9(20-8)11(15,16)17/h1-5,7-9,18-20H. The first-order valence-corrected chi connectivity index (χ1v) is 7.91. The summed E-state index contributed by atoms with van der Waals surface area (Å²) in [5.74, 6) is 0. The van der Waals surface area contributed by atoms with Crippen LogP contribution in [0.25, 0.3) is 0 Å². The zero-order valence-electron chi connectivity index (χ0n) is 9.89. The van der Waals surface area contributed by atoms with E-state index in [1.54, 1.807) is 0 Å². The van der Waals surface area contributed by atoms with Crippen LogP contribution in [0.1, 0.15) is 11.7 Å². The average molecular weight is 398 g/mol. The Bertz CT molecular complexity index is 422. The molecule has 0 aromatic heterocycles. The maximum absolute atomic E-state index is 5.93. The predicted octanol–water partition coefficient (Wildman–Crippen LogP) is 3.86. The highest BCUT2D eigenvalue weighted by Crippen LogP contribution is 2.36. The minimum Gasteiger partial charge on any atom is -0.279 e. The van der Waals surface area contributed by atoms with Crippen LogP contribution in [-0.2, 0) is 0 Å². The van der Waals surface area contributed by atoms with Crippen molar-refractivity contribution < 1.29 is 0 Å². The highest BCUT2D eigenvalue weighted by Gasteiger charge is 2.45. The third-order valence-electron chi connectivity index (χ3n) is 2.79. The fourth-order valence-electron chi connectivity index (χ4n) is 1.86. The second-order valence-electron chi connectivity index (χ2n) is 4.29. The Labute approximate surface area is 147 Å². The molecule has 1 heterocycles. The fourth-order valence-corrected chi connectivity index (χ4v) is 2.62. The van der Waals surface area contributed by atoms with E-state index in [4.69, 9.17) is 69.6 Å². The highest BCUT2D eigenvalue weighted by molar-refractivity contribution is 6.68. The van der Waals surface area contributed by atoms with Crippen LogP contribution in [-0.4, -0.2) is 19.9 Å². The van der Waals surface area contributed by atoms with Crippen LogP contribution < -0.4 is 16.0 Å². The normalized spacial score (nSPS) is 28.4. The molecule has 2 rings (SSSR count). The molecule has 1 aliphatic rings. The van der Waals surface area contributed by atoms with Gasteiger partial charge >= 0.3 is 0 Å².